The van der Waals surface area contributed by atoms with Crippen LogP contribution in [0.1, 0.15) is 57.6 Å². The second-order valence-corrected chi connectivity index (χ2v) is 14.9. The molecule has 0 bridgehead atoms. The zero-order valence-corrected chi connectivity index (χ0v) is 30.8. The van der Waals surface area contributed by atoms with Crippen LogP contribution < -0.4 is 16.2 Å². The molecule has 1 unspecified atom stereocenters. The molecule has 3 aromatic heterocycles. The van der Waals surface area contributed by atoms with Crippen LogP contribution in [0.4, 0.5) is 0 Å². The third-order valence-corrected chi connectivity index (χ3v) is 11.6. The summed E-state index contributed by atoms with van der Waals surface area (Å²) in [5, 5.41) is 8.97. The van der Waals surface area contributed by atoms with Crippen molar-refractivity contribution in [3.63, 3.8) is 0 Å². The average Bonchev–Trinajstić information content (AvgIpc) is 3.96. The first-order chi connectivity index (χ1) is 26.4. The Morgan fingerprint density at radius 1 is 0.944 bits per heavy atom. The van der Waals surface area contributed by atoms with E-state index in [1.807, 2.05) is 17.0 Å². The first kappa shape index (κ1) is 34.1. The molecule has 2 aliphatic heterocycles. The number of allylic oxidation sites excluding steroid dienone is 3. The smallest absolute Gasteiger partial charge is 0.270 e. The number of benzene rings is 3. The highest BCUT2D eigenvalue weighted by Crippen LogP contribution is 2.35. The van der Waals surface area contributed by atoms with Gasteiger partial charge in [0.25, 0.3) is 5.56 Å². The van der Waals surface area contributed by atoms with Crippen LogP contribution in [-0.2, 0) is 29.1 Å². The minimum absolute atomic E-state index is 0.0793. The summed E-state index contributed by atoms with van der Waals surface area (Å²) >= 11 is 0. The number of aromatic amines is 1. The van der Waals surface area contributed by atoms with E-state index in [2.05, 4.69) is 86.3 Å². The van der Waals surface area contributed by atoms with E-state index in [1.165, 1.54) is 33.1 Å². The molecule has 9 rings (SSSR count). The Hall–Kier alpha value is -5.71. The van der Waals surface area contributed by atoms with Gasteiger partial charge in [-0.15, -0.1) is 0 Å². The molecule has 1 saturated heterocycles. The van der Waals surface area contributed by atoms with Crippen molar-refractivity contribution in [1.29, 1.82) is 0 Å². The van der Waals surface area contributed by atoms with Gasteiger partial charge < -0.3 is 29.7 Å². The maximum atomic E-state index is 13.2. The van der Waals surface area contributed by atoms with Crippen LogP contribution >= 0.6 is 0 Å². The number of nitrogens with one attached hydrogen (secondary N) is 3. The summed E-state index contributed by atoms with van der Waals surface area (Å²) in [7, 11) is 0. The molecule has 2 amide bonds. The maximum Gasteiger partial charge on any atom is 0.270 e. The lowest BCUT2D eigenvalue weighted by Crippen LogP contribution is -2.28. The standard InChI is InChI=1S/C43H46N8O3/c1-2-50-37-12-6-4-10-30(37)31-23-27(14-16-38(31)50)42-47-36-24-34-35(25-39(36)51(42)22-8-21-49-20-7-13-41(49)53)46-33(43(54)48-34)15-17-40(52)44-19-18-28-26-45-32-11-5-3-9-29(28)32/h3-4,6,9-10,12,14,16,23-25,28,45H,2,5,7-8,11,13,15,17-22,26H2,1H3,(H,44,52)(H,48,54). The van der Waals surface area contributed by atoms with Crippen LogP contribution in [0.3, 0.4) is 0 Å². The molecule has 276 valence electrons. The van der Waals surface area contributed by atoms with Crippen LogP contribution in [0, 0.1) is 5.92 Å². The van der Waals surface area contributed by atoms with Crippen molar-refractivity contribution in [1.82, 2.24) is 39.6 Å². The van der Waals surface area contributed by atoms with E-state index >= 15 is 0 Å². The number of carbonyl (C=O) groups excluding carboxylic acids is 2. The van der Waals surface area contributed by atoms with Crippen LogP contribution in [0.2, 0.25) is 0 Å². The van der Waals surface area contributed by atoms with E-state index in [9.17, 15) is 14.4 Å². The number of likely N-dealkylation sites (tertiary alicyclic amines) is 1. The number of fused-ring (bicyclic) bond motifs is 5. The van der Waals surface area contributed by atoms with Gasteiger partial charge in [-0.3, -0.25) is 14.4 Å². The fourth-order valence-corrected chi connectivity index (χ4v) is 8.83. The van der Waals surface area contributed by atoms with E-state index < -0.39 is 0 Å². The topological polar surface area (TPSA) is 130 Å². The van der Waals surface area contributed by atoms with Gasteiger partial charge in [-0.25, -0.2) is 9.97 Å². The highest BCUT2D eigenvalue weighted by Gasteiger charge is 2.25. The summed E-state index contributed by atoms with van der Waals surface area (Å²) in [5.74, 6) is 1.40. The van der Waals surface area contributed by atoms with Gasteiger partial charge in [-0.2, -0.15) is 0 Å². The quantitative estimate of drug-likeness (QED) is 0.135. The van der Waals surface area contributed by atoms with Gasteiger partial charge in [0.05, 0.1) is 22.1 Å². The van der Waals surface area contributed by atoms with Gasteiger partial charge in [0, 0.05) is 97.5 Å². The summed E-state index contributed by atoms with van der Waals surface area (Å²) in [5.41, 5.74) is 9.12. The number of amides is 2. The SMILES string of the molecule is CCn1c2ccccc2c2cc(-c3nc4cc5[nH]c(=O)c(CCC(=O)NCCC6CNC7=C6C=CCC7)nc5cc4n3CCCN3CCCC3=O)ccc21. The molecule has 0 radical (unpaired) electrons. The van der Waals surface area contributed by atoms with Crippen molar-refractivity contribution < 1.29 is 9.59 Å². The highest BCUT2D eigenvalue weighted by atomic mass is 16.2. The lowest BCUT2D eigenvalue weighted by atomic mass is 9.93. The number of hydrogen-bond donors (Lipinski definition) is 3. The monoisotopic (exact) mass is 722 g/mol. The number of H-pyrrole nitrogens is 1. The summed E-state index contributed by atoms with van der Waals surface area (Å²) < 4.78 is 4.58. The van der Waals surface area contributed by atoms with Gasteiger partial charge >= 0.3 is 0 Å². The summed E-state index contributed by atoms with van der Waals surface area (Å²) in [4.78, 5) is 53.5. The number of rotatable bonds is 12. The fraction of sp³-hybridized carbons (Fsp3) is 0.372. The van der Waals surface area contributed by atoms with Crippen molar-refractivity contribution in [2.24, 2.45) is 5.92 Å². The fourth-order valence-electron chi connectivity index (χ4n) is 8.83. The molecule has 1 aliphatic carbocycles. The average molecular weight is 723 g/mol. The Morgan fingerprint density at radius 3 is 2.70 bits per heavy atom. The lowest BCUT2D eigenvalue weighted by Gasteiger charge is -2.16. The van der Waals surface area contributed by atoms with Crippen LogP contribution in [0.5, 0.6) is 0 Å². The van der Waals surface area contributed by atoms with Gasteiger partial charge in [0.2, 0.25) is 11.8 Å². The second kappa shape index (κ2) is 14.3. The molecule has 54 heavy (non-hydrogen) atoms. The molecule has 0 saturated carbocycles. The molecule has 0 spiro atoms. The molecule has 6 aromatic rings. The predicted molar refractivity (Wildman–Crippen MR) is 213 cm³/mol. The normalized spacial score (nSPS) is 17.1. The third-order valence-electron chi connectivity index (χ3n) is 11.6. The summed E-state index contributed by atoms with van der Waals surface area (Å²) in [6, 6.07) is 19.0. The van der Waals surface area contributed by atoms with Crippen LogP contribution in [0.25, 0.3) is 55.3 Å². The number of carbonyl (C=O) groups is 2. The van der Waals surface area contributed by atoms with Gasteiger partial charge in [-0.05, 0) is 81.0 Å². The Morgan fingerprint density at radius 2 is 1.83 bits per heavy atom. The van der Waals surface area contributed by atoms with Crippen molar-refractivity contribution in [3.8, 4) is 11.4 Å². The summed E-state index contributed by atoms with van der Waals surface area (Å²) in [6.45, 7) is 6.74. The first-order valence-electron chi connectivity index (χ1n) is 19.6. The Bertz CT molecular complexity index is 2570. The largest absolute Gasteiger partial charge is 0.387 e. The molecule has 3 aliphatic rings. The van der Waals surface area contributed by atoms with E-state index in [0.717, 1.165) is 74.2 Å². The van der Waals surface area contributed by atoms with Crippen molar-refractivity contribution in [3.05, 3.63) is 94.1 Å². The second-order valence-electron chi connectivity index (χ2n) is 14.9. The number of nitrogens with zero attached hydrogens (tertiary/aromatic N) is 5. The number of aryl methyl sites for hydroxylation is 3. The molecule has 5 heterocycles. The van der Waals surface area contributed by atoms with Gasteiger partial charge in [-0.1, -0.05) is 30.4 Å². The molecule has 11 heteroatoms. The van der Waals surface area contributed by atoms with E-state index in [1.54, 1.807) is 0 Å². The van der Waals surface area contributed by atoms with E-state index in [0.29, 0.717) is 48.7 Å². The Kier molecular flexibility index (Phi) is 9.00. The van der Waals surface area contributed by atoms with E-state index in [-0.39, 0.29) is 30.2 Å². The highest BCUT2D eigenvalue weighted by molar-refractivity contribution is 6.09. The predicted octanol–water partition coefficient (Wildman–Crippen LogP) is 6.34. The minimum Gasteiger partial charge on any atom is -0.387 e. The van der Waals surface area contributed by atoms with Gasteiger partial charge in [0.1, 0.15) is 11.5 Å². The molecule has 3 aromatic carbocycles. The Labute approximate surface area is 313 Å². The summed E-state index contributed by atoms with van der Waals surface area (Å²) in [6.07, 6.45) is 10.3. The van der Waals surface area contributed by atoms with Crippen molar-refractivity contribution >= 4 is 55.7 Å². The van der Waals surface area contributed by atoms with Gasteiger partial charge in [0.15, 0.2) is 0 Å². The molecular formula is C43H46N8O3. The van der Waals surface area contributed by atoms with Crippen LogP contribution in [0.15, 0.2) is 82.8 Å². The zero-order chi connectivity index (χ0) is 36.8. The maximum absolute atomic E-state index is 13.2. The van der Waals surface area contributed by atoms with Crippen LogP contribution in [-0.4, -0.2) is 67.0 Å². The Balaban J connectivity index is 0.994. The molecule has 3 N–H and O–H groups in total. The number of hydrogen-bond acceptors (Lipinski definition) is 6. The number of aromatic nitrogens is 5. The molecule has 11 nitrogen and oxygen atoms in total. The van der Waals surface area contributed by atoms with Crippen molar-refractivity contribution in [2.45, 2.75) is 71.4 Å². The zero-order valence-electron chi connectivity index (χ0n) is 30.8. The molecule has 1 fully saturated rings. The first-order valence-corrected chi connectivity index (χ1v) is 19.6. The lowest BCUT2D eigenvalue weighted by molar-refractivity contribution is -0.127. The molecule has 1 atom stereocenters. The minimum atomic E-state index is -0.289. The van der Waals surface area contributed by atoms with Crippen molar-refractivity contribution in [2.75, 3.05) is 26.2 Å². The number of para-hydroxylation sites is 1. The number of imidazole rings is 1. The third kappa shape index (κ3) is 6.25. The van der Waals surface area contributed by atoms with E-state index in [4.69, 9.17) is 9.97 Å². The molecular weight excluding hydrogens is 677 g/mol.